The van der Waals surface area contributed by atoms with Crippen molar-refractivity contribution in [3.63, 3.8) is 0 Å². The molecule has 94 valence electrons. The van der Waals surface area contributed by atoms with Gasteiger partial charge in [-0.25, -0.2) is 0 Å². The Morgan fingerprint density at radius 2 is 2.00 bits per heavy atom. The summed E-state index contributed by atoms with van der Waals surface area (Å²) in [5, 5.41) is 10.2. The van der Waals surface area contributed by atoms with Crippen molar-refractivity contribution in [2.24, 2.45) is 0 Å². The van der Waals surface area contributed by atoms with Gasteiger partial charge in [0.05, 0.1) is 7.11 Å². The first-order valence-electron chi connectivity index (χ1n) is 5.62. The predicted octanol–water partition coefficient (Wildman–Crippen LogP) is 3.13. The summed E-state index contributed by atoms with van der Waals surface area (Å²) in [7, 11) is 1.58. The Balaban J connectivity index is 2.16. The van der Waals surface area contributed by atoms with Crippen molar-refractivity contribution in [2.75, 3.05) is 7.11 Å². The standard InChI is InChI=1S/C14H14BrNO2/c1-18-13-3-2-8-16-14(13)12(17)9-10-4-6-11(15)7-5-10/h2-8,12,17H,9H2,1H3. The number of hydrogen-bond acceptors (Lipinski definition) is 3. The van der Waals surface area contributed by atoms with Crippen LogP contribution in [0.2, 0.25) is 0 Å². The van der Waals surface area contributed by atoms with Gasteiger partial charge in [0.1, 0.15) is 17.5 Å². The first-order valence-corrected chi connectivity index (χ1v) is 6.41. The lowest BCUT2D eigenvalue weighted by Crippen LogP contribution is -2.06. The van der Waals surface area contributed by atoms with Crippen molar-refractivity contribution in [1.29, 1.82) is 0 Å². The minimum atomic E-state index is -0.665. The lowest BCUT2D eigenvalue weighted by molar-refractivity contribution is 0.169. The van der Waals surface area contributed by atoms with Gasteiger partial charge in [-0.2, -0.15) is 0 Å². The molecule has 1 N–H and O–H groups in total. The van der Waals surface area contributed by atoms with Crippen LogP contribution in [0.4, 0.5) is 0 Å². The number of rotatable bonds is 4. The second-order valence-corrected chi connectivity index (χ2v) is 4.85. The zero-order valence-electron chi connectivity index (χ0n) is 10.0. The Morgan fingerprint density at radius 3 is 2.67 bits per heavy atom. The fourth-order valence-corrected chi connectivity index (χ4v) is 2.03. The van der Waals surface area contributed by atoms with Crippen LogP contribution in [0.15, 0.2) is 47.1 Å². The van der Waals surface area contributed by atoms with Gasteiger partial charge in [-0.15, -0.1) is 0 Å². The van der Waals surface area contributed by atoms with Gasteiger partial charge in [0.2, 0.25) is 0 Å². The fourth-order valence-electron chi connectivity index (χ4n) is 1.77. The van der Waals surface area contributed by atoms with Gasteiger partial charge in [0.25, 0.3) is 0 Å². The average molecular weight is 308 g/mol. The molecule has 0 fully saturated rings. The number of hydrogen-bond donors (Lipinski definition) is 1. The van der Waals surface area contributed by atoms with E-state index >= 15 is 0 Å². The van der Waals surface area contributed by atoms with Crippen molar-refractivity contribution < 1.29 is 9.84 Å². The third-order valence-corrected chi connectivity index (χ3v) is 3.21. The number of aliphatic hydroxyl groups is 1. The first-order chi connectivity index (χ1) is 8.70. The molecule has 3 nitrogen and oxygen atoms in total. The molecule has 1 aromatic heterocycles. The van der Waals surface area contributed by atoms with E-state index < -0.39 is 6.10 Å². The van der Waals surface area contributed by atoms with E-state index in [1.807, 2.05) is 24.3 Å². The number of halogens is 1. The van der Waals surface area contributed by atoms with E-state index in [1.165, 1.54) is 0 Å². The highest BCUT2D eigenvalue weighted by molar-refractivity contribution is 9.10. The summed E-state index contributed by atoms with van der Waals surface area (Å²) < 4.78 is 6.22. The van der Waals surface area contributed by atoms with E-state index in [-0.39, 0.29) is 0 Å². The summed E-state index contributed by atoms with van der Waals surface area (Å²) in [5.41, 5.74) is 1.63. The zero-order valence-corrected chi connectivity index (χ0v) is 11.6. The van der Waals surface area contributed by atoms with Crippen LogP contribution in [0.25, 0.3) is 0 Å². The van der Waals surface area contributed by atoms with Gasteiger partial charge in [0, 0.05) is 17.1 Å². The number of aromatic nitrogens is 1. The van der Waals surface area contributed by atoms with Crippen LogP contribution in [0.1, 0.15) is 17.4 Å². The molecular formula is C14H14BrNO2. The van der Waals surface area contributed by atoms with Crippen LogP contribution in [-0.4, -0.2) is 17.2 Å². The maximum absolute atomic E-state index is 10.2. The first kappa shape index (κ1) is 13.1. The highest BCUT2D eigenvalue weighted by Gasteiger charge is 2.14. The number of methoxy groups -OCH3 is 1. The van der Waals surface area contributed by atoms with E-state index in [4.69, 9.17) is 4.74 Å². The topological polar surface area (TPSA) is 42.4 Å². The fraction of sp³-hybridized carbons (Fsp3) is 0.214. The lowest BCUT2D eigenvalue weighted by Gasteiger charge is -2.13. The predicted molar refractivity (Wildman–Crippen MR) is 73.6 cm³/mol. The summed E-state index contributed by atoms with van der Waals surface area (Å²) in [6.45, 7) is 0. The molecule has 18 heavy (non-hydrogen) atoms. The lowest BCUT2D eigenvalue weighted by atomic mass is 10.0. The molecule has 0 saturated carbocycles. The van der Waals surface area contributed by atoms with E-state index in [2.05, 4.69) is 20.9 Å². The Bertz CT molecular complexity index is 513. The Labute approximate surface area is 115 Å². The van der Waals surface area contributed by atoms with Gasteiger partial charge in [-0.1, -0.05) is 28.1 Å². The number of aliphatic hydroxyl groups excluding tert-OH is 1. The second kappa shape index (κ2) is 5.98. The second-order valence-electron chi connectivity index (χ2n) is 3.94. The molecule has 4 heteroatoms. The number of benzene rings is 1. The minimum Gasteiger partial charge on any atom is -0.495 e. The number of pyridine rings is 1. The van der Waals surface area contributed by atoms with Gasteiger partial charge in [-0.3, -0.25) is 4.98 Å². The third-order valence-electron chi connectivity index (χ3n) is 2.68. The largest absolute Gasteiger partial charge is 0.495 e. The molecule has 2 rings (SSSR count). The molecule has 0 radical (unpaired) electrons. The highest BCUT2D eigenvalue weighted by atomic mass is 79.9. The van der Waals surface area contributed by atoms with Crippen LogP contribution >= 0.6 is 15.9 Å². The molecule has 1 aromatic carbocycles. The smallest absolute Gasteiger partial charge is 0.143 e. The maximum Gasteiger partial charge on any atom is 0.143 e. The molecule has 1 heterocycles. The van der Waals surface area contributed by atoms with Crippen LogP contribution in [-0.2, 0) is 6.42 Å². The van der Waals surface area contributed by atoms with E-state index in [0.29, 0.717) is 17.9 Å². The van der Waals surface area contributed by atoms with Crippen molar-refractivity contribution >= 4 is 15.9 Å². The van der Waals surface area contributed by atoms with Crippen molar-refractivity contribution in [1.82, 2.24) is 4.98 Å². The minimum absolute atomic E-state index is 0.515. The van der Waals surface area contributed by atoms with Gasteiger partial charge in [0.15, 0.2) is 0 Å². The van der Waals surface area contributed by atoms with Crippen LogP contribution < -0.4 is 4.74 Å². The van der Waals surface area contributed by atoms with Crippen molar-refractivity contribution in [3.8, 4) is 5.75 Å². The van der Waals surface area contributed by atoms with Crippen molar-refractivity contribution in [3.05, 3.63) is 58.3 Å². The van der Waals surface area contributed by atoms with E-state index in [1.54, 1.807) is 25.4 Å². The number of ether oxygens (including phenoxy) is 1. The van der Waals surface area contributed by atoms with Gasteiger partial charge < -0.3 is 9.84 Å². The Hall–Kier alpha value is -1.39. The summed E-state index contributed by atoms with van der Waals surface area (Å²) in [4.78, 5) is 4.18. The Kier molecular flexibility index (Phi) is 4.33. The summed E-state index contributed by atoms with van der Waals surface area (Å²) >= 11 is 3.38. The zero-order chi connectivity index (χ0) is 13.0. The molecule has 0 aliphatic rings. The Morgan fingerprint density at radius 1 is 1.28 bits per heavy atom. The van der Waals surface area contributed by atoms with Crippen molar-refractivity contribution in [2.45, 2.75) is 12.5 Å². The molecule has 0 bridgehead atoms. The van der Waals surface area contributed by atoms with E-state index in [9.17, 15) is 5.11 Å². The van der Waals surface area contributed by atoms with Crippen LogP contribution in [0, 0.1) is 0 Å². The van der Waals surface area contributed by atoms with Gasteiger partial charge >= 0.3 is 0 Å². The molecule has 0 aliphatic heterocycles. The summed E-state index contributed by atoms with van der Waals surface area (Å²) in [6, 6.07) is 11.4. The monoisotopic (exact) mass is 307 g/mol. The quantitative estimate of drug-likeness (QED) is 0.943. The molecule has 1 atom stereocenters. The highest BCUT2D eigenvalue weighted by Crippen LogP contribution is 2.25. The van der Waals surface area contributed by atoms with Gasteiger partial charge in [-0.05, 0) is 29.8 Å². The molecule has 0 spiro atoms. The average Bonchev–Trinajstić information content (AvgIpc) is 2.41. The van der Waals surface area contributed by atoms with Crippen LogP contribution in [0.5, 0.6) is 5.75 Å². The van der Waals surface area contributed by atoms with Crippen LogP contribution in [0.3, 0.4) is 0 Å². The SMILES string of the molecule is COc1cccnc1C(O)Cc1ccc(Br)cc1. The maximum atomic E-state index is 10.2. The number of nitrogens with zero attached hydrogens (tertiary/aromatic N) is 1. The normalized spacial score (nSPS) is 12.2. The summed E-state index contributed by atoms with van der Waals surface area (Å²) in [6.07, 6.45) is 1.51. The molecular weight excluding hydrogens is 294 g/mol. The molecule has 0 saturated heterocycles. The third kappa shape index (κ3) is 3.09. The molecule has 0 amide bonds. The van der Waals surface area contributed by atoms with E-state index in [0.717, 1.165) is 10.0 Å². The summed E-state index contributed by atoms with van der Waals surface area (Å²) in [5.74, 6) is 0.613. The molecule has 2 aromatic rings. The molecule has 0 aliphatic carbocycles. The molecule has 1 unspecified atom stereocenters.